The van der Waals surface area contributed by atoms with Gasteiger partial charge in [-0.05, 0) is 11.1 Å². The van der Waals surface area contributed by atoms with Crippen molar-refractivity contribution in [3.8, 4) is 6.07 Å². The number of primary amides is 1. The summed E-state index contributed by atoms with van der Waals surface area (Å²) in [5.41, 5.74) is 6.34. The van der Waals surface area contributed by atoms with Crippen molar-refractivity contribution >= 4 is 5.91 Å². The Hall–Kier alpha value is -2.68. The predicted molar refractivity (Wildman–Crippen MR) is 99.5 cm³/mol. The van der Waals surface area contributed by atoms with E-state index in [-0.39, 0.29) is 0 Å². The summed E-state index contributed by atoms with van der Waals surface area (Å²) in [6.45, 7) is 1.03. The number of carbonyl (C=O) groups is 1. The van der Waals surface area contributed by atoms with Crippen LogP contribution < -0.4 is 5.73 Å². The molecular weight excluding hydrogens is 340 g/mol. The number of nitrogens with two attached hydrogens (primary N) is 1. The molecule has 5 heteroatoms. The van der Waals surface area contributed by atoms with Gasteiger partial charge in [0.1, 0.15) is 5.41 Å². The monoisotopic (exact) mass is 362 g/mol. The molecule has 1 heterocycles. The second kappa shape index (κ2) is 6.80. The molecule has 2 aromatic carbocycles. The van der Waals surface area contributed by atoms with Crippen molar-refractivity contribution in [3.05, 3.63) is 71.8 Å². The number of benzene rings is 2. The molecule has 1 saturated heterocycles. The van der Waals surface area contributed by atoms with Crippen LogP contribution >= 0.6 is 0 Å². The van der Waals surface area contributed by atoms with Crippen molar-refractivity contribution in [2.45, 2.75) is 30.5 Å². The van der Waals surface area contributed by atoms with Crippen LogP contribution in [0.4, 0.5) is 0 Å². The first-order chi connectivity index (χ1) is 13.1. The molecule has 1 spiro atoms. The van der Waals surface area contributed by atoms with Crippen molar-refractivity contribution < 1.29 is 14.3 Å². The SMILES string of the molecule is N#CC1(C(N)=O)[C@@H](c2ccccc2)CC2(C[C@H]1c1ccccc1)OCCO2. The number of hydrogen-bond donors (Lipinski definition) is 1. The molecule has 27 heavy (non-hydrogen) atoms. The second-order valence-corrected chi connectivity index (χ2v) is 7.29. The third-order valence-electron chi connectivity index (χ3n) is 5.94. The molecule has 3 atom stereocenters. The Bertz CT molecular complexity index is 803. The fraction of sp³-hybridized carbons (Fsp3) is 0.364. The van der Waals surface area contributed by atoms with Crippen LogP contribution in [0.2, 0.25) is 0 Å². The molecule has 0 radical (unpaired) electrons. The molecule has 4 rings (SSSR count). The maximum absolute atomic E-state index is 12.8. The standard InChI is InChI=1S/C22H22N2O3/c23-15-22(20(24)25)18(16-7-3-1-4-8-16)13-21(26-11-12-27-21)14-19(22)17-9-5-2-6-10-17/h1-10,18-19H,11-14H2,(H2,24,25)/t18-,19+,22?. The summed E-state index contributed by atoms with van der Waals surface area (Å²) < 4.78 is 12.0. The number of nitrogens with zero attached hydrogens (tertiary/aromatic N) is 1. The van der Waals surface area contributed by atoms with Gasteiger partial charge in [0.25, 0.3) is 0 Å². The minimum atomic E-state index is -1.37. The van der Waals surface area contributed by atoms with Gasteiger partial charge >= 0.3 is 0 Å². The number of carbonyl (C=O) groups excluding carboxylic acids is 1. The van der Waals surface area contributed by atoms with Crippen LogP contribution in [0.25, 0.3) is 0 Å². The summed E-state index contributed by atoms with van der Waals surface area (Å²) >= 11 is 0. The minimum absolute atomic E-state index is 0.418. The highest BCUT2D eigenvalue weighted by Gasteiger charge is 2.61. The molecule has 2 N–H and O–H groups in total. The summed E-state index contributed by atoms with van der Waals surface area (Å²) in [4.78, 5) is 12.8. The van der Waals surface area contributed by atoms with Crippen LogP contribution in [0.3, 0.4) is 0 Å². The Morgan fingerprint density at radius 1 is 0.926 bits per heavy atom. The highest BCUT2D eigenvalue weighted by molar-refractivity contribution is 5.87. The van der Waals surface area contributed by atoms with E-state index < -0.39 is 28.9 Å². The van der Waals surface area contributed by atoms with Gasteiger partial charge in [-0.3, -0.25) is 4.79 Å². The summed E-state index contributed by atoms with van der Waals surface area (Å²) in [6.07, 6.45) is 0.855. The summed E-state index contributed by atoms with van der Waals surface area (Å²) in [5, 5.41) is 10.3. The van der Waals surface area contributed by atoms with Crippen LogP contribution in [0.1, 0.15) is 35.8 Å². The van der Waals surface area contributed by atoms with Gasteiger partial charge in [0.05, 0.1) is 19.3 Å². The highest BCUT2D eigenvalue weighted by Crippen LogP contribution is 2.59. The normalized spacial score (nSPS) is 29.3. The Morgan fingerprint density at radius 2 is 1.37 bits per heavy atom. The van der Waals surface area contributed by atoms with Crippen LogP contribution in [0.5, 0.6) is 0 Å². The van der Waals surface area contributed by atoms with Crippen molar-refractivity contribution in [3.63, 3.8) is 0 Å². The third kappa shape index (κ3) is 2.82. The van der Waals surface area contributed by atoms with E-state index in [4.69, 9.17) is 15.2 Å². The van der Waals surface area contributed by atoms with Gasteiger partial charge in [0.2, 0.25) is 5.91 Å². The molecule has 2 aromatic rings. The molecule has 138 valence electrons. The third-order valence-corrected chi connectivity index (χ3v) is 5.94. The van der Waals surface area contributed by atoms with E-state index in [2.05, 4.69) is 6.07 Å². The maximum atomic E-state index is 12.8. The number of nitriles is 1. The zero-order valence-electron chi connectivity index (χ0n) is 15.0. The second-order valence-electron chi connectivity index (χ2n) is 7.29. The largest absolute Gasteiger partial charge is 0.368 e. The van der Waals surface area contributed by atoms with Gasteiger partial charge in [-0.2, -0.15) is 5.26 Å². The van der Waals surface area contributed by atoms with Crippen LogP contribution in [-0.2, 0) is 14.3 Å². The molecule has 0 bridgehead atoms. The topological polar surface area (TPSA) is 85.3 Å². The molecule has 0 aromatic heterocycles. The van der Waals surface area contributed by atoms with E-state index in [0.29, 0.717) is 26.1 Å². The van der Waals surface area contributed by atoms with Crippen LogP contribution in [0.15, 0.2) is 60.7 Å². The van der Waals surface area contributed by atoms with E-state index in [1.165, 1.54) is 0 Å². The van der Waals surface area contributed by atoms with Crippen molar-refractivity contribution in [2.24, 2.45) is 11.1 Å². The lowest BCUT2D eigenvalue weighted by Gasteiger charge is -2.49. The molecule has 2 fully saturated rings. The quantitative estimate of drug-likeness (QED) is 0.909. The maximum Gasteiger partial charge on any atom is 0.239 e. The lowest BCUT2D eigenvalue weighted by Crippen LogP contribution is -2.54. The van der Waals surface area contributed by atoms with E-state index in [1.54, 1.807) is 0 Å². The summed E-state index contributed by atoms with van der Waals surface area (Å²) in [5.74, 6) is -2.23. The first kappa shape index (κ1) is 17.7. The van der Waals surface area contributed by atoms with E-state index in [0.717, 1.165) is 11.1 Å². The molecule has 5 nitrogen and oxygen atoms in total. The van der Waals surface area contributed by atoms with E-state index >= 15 is 0 Å². The Kier molecular flexibility index (Phi) is 4.47. The van der Waals surface area contributed by atoms with Gasteiger partial charge in [-0.15, -0.1) is 0 Å². The van der Waals surface area contributed by atoms with Gasteiger partial charge in [-0.1, -0.05) is 60.7 Å². The molecule has 1 saturated carbocycles. The zero-order chi connectivity index (χ0) is 18.9. The van der Waals surface area contributed by atoms with Gasteiger partial charge < -0.3 is 15.2 Å². The first-order valence-electron chi connectivity index (χ1n) is 9.20. The molecule has 1 aliphatic heterocycles. The molecule has 1 amide bonds. The van der Waals surface area contributed by atoms with Gasteiger partial charge in [-0.25, -0.2) is 0 Å². The number of rotatable bonds is 3. The Morgan fingerprint density at radius 3 is 1.74 bits per heavy atom. The smallest absolute Gasteiger partial charge is 0.239 e. The summed E-state index contributed by atoms with van der Waals surface area (Å²) in [7, 11) is 0. The van der Waals surface area contributed by atoms with E-state index in [9.17, 15) is 10.1 Å². The first-order valence-corrected chi connectivity index (χ1v) is 9.20. The fourth-order valence-electron chi connectivity index (χ4n) is 4.69. The van der Waals surface area contributed by atoms with Gasteiger partial charge in [0.15, 0.2) is 5.79 Å². The summed E-state index contributed by atoms with van der Waals surface area (Å²) in [6, 6.07) is 21.6. The predicted octanol–water partition coefficient (Wildman–Crippen LogP) is 3.09. The lowest BCUT2D eigenvalue weighted by molar-refractivity contribution is -0.198. The highest BCUT2D eigenvalue weighted by atomic mass is 16.7. The average molecular weight is 362 g/mol. The number of hydrogen-bond acceptors (Lipinski definition) is 4. The number of ether oxygens (including phenoxy) is 2. The fourth-order valence-corrected chi connectivity index (χ4v) is 4.69. The minimum Gasteiger partial charge on any atom is -0.368 e. The number of amides is 1. The molecule has 1 unspecified atom stereocenters. The molecule has 2 aliphatic rings. The van der Waals surface area contributed by atoms with Gasteiger partial charge in [0, 0.05) is 24.7 Å². The van der Waals surface area contributed by atoms with E-state index in [1.807, 2.05) is 60.7 Å². The lowest BCUT2D eigenvalue weighted by atomic mass is 9.55. The Balaban J connectivity index is 1.91. The van der Waals surface area contributed by atoms with Crippen LogP contribution in [0, 0.1) is 16.7 Å². The van der Waals surface area contributed by atoms with Crippen molar-refractivity contribution in [1.29, 1.82) is 5.26 Å². The molecular formula is C22H22N2O3. The van der Waals surface area contributed by atoms with Crippen LogP contribution in [-0.4, -0.2) is 24.9 Å². The Labute approximate surface area is 158 Å². The van der Waals surface area contributed by atoms with Crippen molar-refractivity contribution in [2.75, 3.05) is 13.2 Å². The molecule has 1 aliphatic carbocycles. The zero-order valence-corrected chi connectivity index (χ0v) is 15.0. The average Bonchev–Trinajstić information content (AvgIpc) is 3.16. The van der Waals surface area contributed by atoms with Crippen molar-refractivity contribution in [1.82, 2.24) is 0 Å².